The molecule has 0 radical (unpaired) electrons. The molecule has 146 valence electrons. The fourth-order valence-electron chi connectivity index (χ4n) is 3.29. The topological polar surface area (TPSA) is 83.6 Å². The van der Waals surface area contributed by atoms with Gasteiger partial charge in [0, 0.05) is 21.1 Å². The van der Waals surface area contributed by atoms with Crippen molar-refractivity contribution in [3.05, 3.63) is 86.6 Å². The Bertz CT molecular complexity index is 1150. The van der Waals surface area contributed by atoms with E-state index >= 15 is 0 Å². The maximum Gasteiger partial charge on any atom is 0.301 e. The summed E-state index contributed by atoms with van der Waals surface area (Å²) in [5, 5.41) is 15.3. The average Bonchev–Trinajstić information content (AvgIpc) is 3.23. The van der Waals surface area contributed by atoms with Crippen molar-refractivity contribution in [1.29, 1.82) is 0 Å². The molecular formula is C21H14BrClN2O4. The molecule has 1 N–H and O–H groups in total. The van der Waals surface area contributed by atoms with Crippen LogP contribution in [0.5, 0.6) is 0 Å². The fraction of sp³-hybridized carbons (Fsp3) is 0.0952. The number of aliphatic hydroxyl groups is 1. The van der Waals surface area contributed by atoms with Crippen LogP contribution in [0.1, 0.15) is 22.9 Å². The van der Waals surface area contributed by atoms with Gasteiger partial charge in [0.25, 0.3) is 5.78 Å². The Morgan fingerprint density at radius 3 is 2.52 bits per heavy atom. The van der Waals surface area contributed by atoms with E-state index in [1.54, 1.807) is 55.5 Å². The summed E-state index contributed by atoms with van der Waals surface area (Å²) in [5.74, 6) is -1.19. The SMILES string of the molecule is Cc1cc(N2C(=O)C(=O)C(=C(O)c3ccc(Cl)cc3)C2c2cccc(Br)c2)no1. The van der Waals surface area contributed by atoms with E-state index in [0.717, 1.165) is 4.47 Å². The molecule has 0 bridgehead atoms. The molecule has 0 aliphatic carbocycles. The highest BCUT2D eigenvalue weighted by atomic mass is 79.9. The van der Waals surface area contributed by atoms with Gasteiger partial charge in [-0.1, -0.05) is 44.8 Å². The molecule has 1 amide bonds. The second-order valence-electron chi connectivity index (χ2n) is 6.53. The Kier molecular flexibility index (Phi) is 5.02. The summed E-state index contributed by atoms with van der Waals surface area (Å²) in [6.45, 7) is 1.69. The number of carbonyl (C=O) groups excluding carboxylic acids is 2. The first-order chi connectivity index (χ1) is 13.9. The third kappa shape index (κ3) is 3.47. The second-order valence-corrected chi connectivity index (χ2v) is 7.88. The Hall–Kier alpha value is -2.90. The van der Waals surface area contributed by atoms with Crippen LogP contribution in [0.3, 0.4) is 0 Å². The van der Waals surface area contributed by atoms with Crippen molar-refractivity contribution >= 4 is 50.8 Å². The lowest BCUT2D eigenvalue weighted by atomic mass is 9.95. The van der Waals surface area contributed by atoms with Crippen LogP contribution in [0.4, 0.5) is 5.82 Å². The van der Waals surface area contributed by atoms with Crippen molar-refractivity contribution in [2.24, 2.45) is 0 Å². The zero-order chi connectivity index (χ0) is 20.7. The molecule has 1 aliphatic rings. The lowest BCUT2D eigenvalue weighted by molar-refractivity contribution is -0.132. The number of nitrogens with zero attached hydrogens (tertiary/aromatic N) is 2. The van der Waals surface area contributed by atoms with E-state index < -0.39 is 17.7 Å². The Morgan fingerprint density at radius 2 is 1.90 bits per heavy atom. The van der Waals surface area contributed by atoms with E-state index in [0.29, 0.717) is 21.9 Å². The van der Waals surface area contributed by atoms with Gasteiger partial charge in [-0.25, -0.2) is 0 Å². The number of hydrogen-bond acceptors (Lipinski definition) is 5. The van der Waals surface area contributed by atoms with Gasteiger partial charge in [-0.3, -0.25) is 14.5 Å². The minimum Gasteiger partial charge on any atom is -0.507 e. The lowest BCUT2D eigenvalue weighted by Crippen LogP contribution is -2.29. The van der Waals surface area contributed by atoms with Crippen LogP contribution in [0.15, 0.2) is 69.2 Å². The highest BCUT2D eigenvalue weighted by Gasteiger charge is 2.48. The molecule has 1 saturated heterocycles. The fourth-order valence-corrected chi connectivity index (χ4v) is 3.83. The van der Waals surface area contributed by atoms with Gasteiger partial charge in [0.05, 0.1) is 11.6 Å². The Balaban J connectivity index is 1.95. The van der Waals surface area contributed by atoms with Crippen molar-refractivity contribution in [1.82, 2.24) is 5.16 Å². The first-order valence-electron chi connectivity index (χ1n) is 8.62. The zero-order valence-corrected chi connectivity index (χ0v) is 17.4. The van der Waals surface area contributed by atoms with Crippen molar-refractivity contribution in [3.63, 3.8) is 0 Å². The molecule has 0 spiro atoms. The molecule has 0 saturated carbocycles. The van der Waals surface area contributed by atoms with Crippen LogP contribution in [-0.2, 0) is 9.59 Å². The van der Waals surface area contributed by atoms with Crippen LogP contribution >= 0.6 is 27.5 Å². The van der Waals surface area contributed by atoms with Gasteiger partial charge in [0.2, 0.25) is 0 Å². The van der Waals surface area contributed by atoms with E-state index in [2.05, 4.69) is 21.1 Å². The average molecular weight is 474 g/mol. The first-order valence-corrected chi connectivity index (χ1v) is 9.79. The summed E-state index contributed by atoms with van der Waals surface area (Å²) in [7, 11) is 0. The molecule has 4 rings (SSSR count). The number of carbonyl (C=O) groups is 2. The van der Waals surface area contributed by atoms with Gasteiger partial charge >= 0.3 is 5.91 Å². The number of Topliss-reactive ketones (excluding diaryl/α,β-unsaturated/α-hetero) is 1. The molecule has 6 nitrogen and oxygen atoms in total. The van der Waals surface area contributed by atoms with Crippen molar-refractivity contribution in [2.45, 2.75) is 13.0 Å². The van der Waals surface area contributed by atoms with E-state index in [4.69, 9.17) is 16.1 Å². The van der Waals surface area contributed by atoms with Crippen LogP contribution in [0.2, 0.25) is 5.02 Å². The van der Waals surface area contributed by atoms with Gasteiger partial charge in [0.15, 0.2) is 5.82 Å². The summed E-state index contributed by atoms with van der Waals surface area (Å²) in [6.07, 6.45) is 0. The maximum atomic E-state index is 12.9. The number of halogens is 2. The van der Waals surface area contributed by atoms with E-state index in [-0.39, 0.29) is 17.2 Å². The Labute approximate surface area is 179 Å². The summed E-state index contributed by atoms with van der Waals surface area (Å²) in [6, 6.07) is 14.2. The predicted molar refractivity (Wildman–Crippen MR) is 112 cm³/mol. The van der Waals surface area contributed by atoms with E-state index in [9.17, 15) is 14.7 Å². The molecule has 8 heteroatoms. The second kappa shape index (κ2) is 7.50. The van der Waals surface area contributed by atoms with E-state index in [1.165, 1.54) is 4.90 Å². The monoisotopic (exact) mass is 472 g/mol. The molecule has 3 aromatic rings. The summed E-state index contributed by atoms with van der Waals surface area (Å²) < 4.78 is 5.87. The number of rotatable bonds is 3. The largest absolute Gasteiger partial charge is 0.507 e. The number of hydrogen-bond donors (Lipinski definition) is 1. The number of aromatic nitrogens is 1. The molecule has 1 aromatic heterocycles. The number of anilines is 1. The van der Waals surface area contributed by atoms with Gasteiger partial charge < -0.3 is 9.63 Å². The molecule has 29 heavy (non-hydrogen) atoms. The van der Waals surface area contributed by atoms with Crippen LogP contribution in [-0.4, -0.2) is 22.0 Å². The number of amides is 1. The van der Waals surface area contributed by atoms with Crippen molar-refractivity contribution in [2.75, 3.05) is 4.90 Å². The van der Waals surface area contributed by atoms with E-state index in [1.807, 2.05) is 6.07 Å². The summed E-state index contributed by atoms with van der Waals surface area (Å²) in [5.41, 5.74) is 0.981. The third-order valence-electron chi connectivity index (χ3n) is 4.59. The molecule has 1 aliphatic heterocycles. The highest BCUT2D eigenvalue weighted by Crippen LogP contribution is 2.42. The van der Waals surface area contributed by atoms with Crippen molar-refractivity contribution in [3.8, 4) is 0 Å². The van der Waals surface area contributed by atoms with Crippen LogP contribution in [0.25, 0.3) is 5.76 Å². The third-order valence-corrected chi connectivity index (χ3v) is 5.33. The molecule has 2 aromatic carbocycles. The smallest absolute Gasteiger partial charge is 0.301 e. The molecule has 1 atom stereocenters. The minimum atomic E-state index is -0.868. The highest BCUT2D eigenvalue weighted by molar-refractivity contribution is 9.10. The zero-order valence-electron chi connectivity index (χ0n) is 15.1. The molecule has 1 fully saturated rings. The maximum absolute atomic E-state index is 12.9. The number of benzene rings is 2. The molecular weight excluding hydrogens is 460 g/mol. The number of ketones is 1. The predicted octanol–water partition coefficient (Wildman–Crippen LogP) is 5.03. The molecule has 2 heterocycles. The first kappa shape index (κ1) is 19.4. The van der Waals surface area contributed by atoms with Gasteiger partial charge in [-0.2, -0.15) is 0 Å². The normalized spacial score (nSPS) is 18.4. The van der Waals surface area contributed by atoms with Gasteiger partial charge in [-0.15, -0.1) is 0 Å². The number of aryl methyl sites for hydroxylation is 1. The summed E-state index contributed by atoms with van der Waals surface area (Å²) in [4.78, 5) is 27.1. The number of aliphatic hydroxyl groups excluding tert-OH is 1. The standard InChI is InChI=1S/C21H14BrClN2O4/c1-11-9-16(24-29-11)25-18(13-3-2-4-14(22)10-13)17(20(27)21(25)28)19(26)12-5-7-15(23)8-6-12/h2-10,18,26H,1H3. The van der Waals surface area contributed by atoms with Gasteiger partial charge in [0.1, 0.15) is 11.5 Å². The molecule has 1 unspecified atom stereocenters. The van der Waals surface area contributed by atoms with Crippen LogP contribution in [0, 0.1) is 6.92 Å². The summed E-state index contributed by atoms with van der Waals surface area (Å²) >= 11 is 9.34. The van der Waals surface area contributed by atoms with Crippen molar-refractivity contribution < 1.29 is 19.2 Å². The van der Waals surface area contributed by atoms with Gasteiger partial charge in [-0.05, 0) is 48.9 Å². The van der Waals surface area contributed by atoms with Crippen LogP contribution < -0.4 is 4.90 Å². The lowest BCUT2D eigenvalue weighted by Gasteiger charge is -2.23. The minimum absolute atomic E-state index is 0.0314. The Morgan fingerprint density at radius 1 is 1.17 bits per heavy atom. The quantitative estimate of drug-likeness (QED) is 0.328.